The highest BCUT2D eigenvalue weighted by atomic mass is 16.5. The molecule has 0 amide bonds. The van der Waals surface area contributed by atoms with Gasteiger partial charge < -0.3 is 9.72 Å². The molecule has 0 spiro atoms. The molecule has 1 aromatic heterocycles. The normalized spacial score (nSPS) is 10.9. The van der Waals surface area contributed by atoms with Gasteiger partial charge in [-0.05, 0) is 31.4 Å². The summed E-state index contributed by atoms with van der Waals surface area (Å²) in [4.78, 5) is 14.2. The zero-order valence-electron chi connectivity index (χ0n) is 15.7. The van der Waals surface area contributed by atoms with Crippen LogP contribution in [0.5, 0.6) is 0 Å². The molecule has 0 saturated heterocycles. The second-order valence-electron chi connectivity index (χ2n) is 6.87. The average Bonchev–Trinajstić information content (AvgIpc) is 3.11. The number of nitrogens with one attached hydrogen (secondary N) is 1. The first kappa shape index (κ1) is 20.8. The Morgan fingerprint density at radius 2 is 1.33 bits per heavy atom. The third kappa shape index (κ3) is 12.2. The maximum absolute atomic E-state index is 11.0. The first-order chi connectivity index (χ1) is 11.8. The fourth-order valence-corrected chi connectivity index (χ4v) is 3.15. The highest BCUT2D eigenvalue weighted by molar-refractivity contribution is 5.68. The van der Waals surface area contributed by atoms with Crippen molar-refractivity contribution in [3.8, 4) is 0 Å². The van der Waals surface area contributed by atoms with Crippen molar-refractivity contribution in [2.24, 2.45) is 0 Å². The number of unbranched alkanes of at least 4 members (excludes halogenated alkanes) is 12. The lowest BCUT2D eigenvalue weighted by atomic mass is 10.0. The molecule has 0 bridgehead atoms. The van der Waals surface area contributed by atoms with Crippen molar-refractivity contribution < 1.29 is 9.53 Å². The molecule has 0 aromatic carbocycles. The molecule has 0 unspecified atom stereocenters. The zero-order chi connectivity index (χ0) is 17.3. The van der Waals surface area contributed by atoms with E-state index in [9.17, 15) is 4.79 Å². The third-order valence-electron chi connectivity index (χ3n) is 4.72. The predicted octanol–water partition coefficient (Wildman–Crippen LogP) is 6.19. The Morgan fingerprint density at radius 3 is 1.79 bits per heavy atom. The largest absolute Gasteiger partial charge is 0.469 e. The van der Waals surface area contributed by atoms with Gasteiger partial charge in [0, 0.05) is 18.3 Å². The Kier molecular flexibility index (Phi) is 13.2. The molecule has 0 atom stereocenters. The van der Waals surface area contributed by atoms with Crippen LogP contribution in [0.1, 0.15) is 95.6 Å². The lowest BCUT2D eigenvalue weighted by Crippen LogP contribution is -1.99. The van der Waals surface area contributed by atoms with Gasteiger partial charge in [-0.3, -0.25) is 4.79 Å². The number of esters is 1. The molecule has 0 fully saturated rings. The van der Waals surface area contributed by atoms with E-state index in [1.165, 1.54) is 89.9 Å². The molecule has 1 aromatic rings. The van der Waals surface area contributed by atoms with Crippen LogP contribution in [0.4, 0.5) is 0 Å². The molecule has 1 rings (SSSR count). The van der Waals surface area contributed by atoms with Crippen LogP contribution in [-0.2, 0) is 16.0 Å². The van der Waals surface area contributed by atoms with Crippen LogP contribution < -0.4 is 0 Å². The summed E-state index contributed by atoms with van der Waals surface area (Å²) in [5.41, 5.74) is 1.38. The number of hydrogen-bond acceptors (Lipinski definition) is 2. The summed E-state index contributed by atoms with van der Waals surface area (Å²) in [5.74, 6) is -0.0701. The van der Waals surface area contributed by atoms with Crippen LogP contribution in [0, 0.1) is 0 Å². The number of H-pyrrole nitrogens is 1. The lowest BCUT2D eigenvalue weighted by Gasteiger charge is -2.03. The van der Waals surface area contributed by atoms with Crippen LogP contribution >= 0.6 is 0 Å². The summed E-state index contributed by atoms with van der Waals surface area (Å²) in [6, 6.07) is 4.26. The minimum absolute atomic E-state index is 0.0701. The minimum Gasteiger partial charge on any atom is -0.469 e. The Labute approximate surface area is 148 Å². The summed E-state index contributed by atoms with van der Waals surface area (Å²) >= 11 is 0. The zero-order valence-corrected chi connectivity index (χ0v) is 15.7. The fourth-order valence-electron chi connectivity index (χ4n) is 3.15. The minimum atomic E-state index is -0.0701. The topological polar surface area (TPSA) is 42.1 Å². The van der Waals surface area contributed by atoms with E-state index in [1.807, 2.05) is 6.20 Å². The van der Waals surface area contributed by atoms with Gasteiger partial charge >= 0.3 is 5.97 Å². The monoisotopic (exact) mass is 335 g/mol. The van der Waals surface area contributed by atoms with E-state index >= 15 is 0 Å². The SMILES string of the molecule is COC(=O)CCCCCCCCCCCCCCCc1ccc[nH]1. The maximum Gasteiger partial charge on any atom is 0.305 e. The first-order valence-electron chi connectivity index (χ1n) is 10.0. The molecular formula is C21H37NO2. The Balaban J connectivity index is 1.69. The molecule has 1 N–H and O–H groups in total. The standard InChI is InChI=1S/C21H37NO2/c1-24-21(23)18-14-12-10-8-6-4-2-3-5-7-9-11-13-16-20-17-15-19-22-20/h15,17,19,22H,2-14,16,18H2,1H3. The number of methoxy groups -OCH3 is 1. The smallest absolute Gasteiger partial charge is 0.305 e. The highest BCUT2D eigenvalue weighted by Gasteiger charge is 1.99. The fraction of sp³-hybridized carbons (Fsp3) is 0.762. The van der Waals surface area contributed by atoms with Crippen LogP contribution in [0.25, 0.3) is 0 Å². The number of aromatic nitrogens is 1. The molecule has 1 heterocycles. The number of aryl methyl sites for hydroxylation is 1. The summed E-state index contributed by atoms with van der Waals surface area (Å²) in [5, 5.41) is 0. The molecule has 0 saturated carbocycles. The molecule has 0 aliphatic rings. The number of carbonyl (C=O) groups is 1. The van der Waals surface area contributed by atoms with Crippen molar-refractivity contribution >= 4 is 5.97 Å². The Bertz CT molecular complexity index is 387. The number of carbonyl (C=O) groups excluding carboxylic acids is 1. The molecule has 3 heteroatoms. The quantitative estimate of drug-likeness (QED) is 0.289. The van der Waals surface area contributed by atoms with Gasteiger partial charge in [-0.1, -0.05) is 70.6 Å². The van der Waals surface area contributed by atoms with Gasteiger partial charge in [-0.2, -0.15) is 0 Å². The van der Waals surface area contributed by atoms with Crippen LogP contribution in [0.15, 0.2) is 18.3 Å². The van der Waals surface area contributed by atoms with Gasteiger partial charge in [-0.15, -0.1) is 0 Å². The second-order valence-corrected chi connectivity index (χ2v) is 6.87. The van der Waals surface area contributed by atoms with Gasteiger partial charge in [0.05, 0.1) is 7.11 Å². The summed E-state index contributed by atoms with van der Waals surface area (Å²) in [7, 11) is 1.46. The van der Waals surface area contributed by atoms with Crippen LogP contribution in [0.2, 0.25) is 0 Å². The van der Waals surface area contributed by atoms with E-state index in [-0.39, 0.29) is 5.97 Å². The Hall–Kier alpha value is -1.25. The van der Waals surface area contributed by atoms with Crippen molar-refractivity contribution in [2.75, 3.05) is 7.11 Å². The van der Waals surface area contributed by atoms with Gasteiger partial charge in [0.25, 0.3) is 0 Å². The predicted molar refractivity (Wildman–Crippen MR) is 101 cm³/mol. The lowest BCUT2D eigenvalue weighted by molar-refractivity contribution is -0.140. The summed E-state index contributed by atoms with van der Waals surface area (Å²) < 4.78 is 4.64. The van der Waals surface area contributed by atoms with Gasteiger partial charge in [0.1, 0.15) is 0 Å². The van der Waals surface area contributed by atoms with E-state index < -0.39 is 0 Å². The number of hydrogen-bond donors (Lipinski definition) is 1. The number of ether oxygens (including phenoxy) is 1. The second kappa shape index (κ2) is 15.3. The van der Waals surface area contributed by atoms with Gasteiger partial charge in [-0.25, -0.2) is 0 Å². The van der Waals surface area contributed by atoms with Crippen molar-refractivity contribution in [3.05, 3.63) is 24.0 Å². The van der Waals surface area contributed by atoms with Gasteiger partial charge in [0.15, 0.2) is 0 Å². The molecular weight excluding hydrogens is 298 g/mol. The maximum atomic E-state index is 11.0. The van der Waals surface area contributed by atoms with Crippen molar-refractivity contribution in [3.63, 3.8) is 0 Å². The average molecular weight is 336 g/mol. The molecule has 24 heavy (non-hydrogen) atoms. The number of rotatable bonds is 16. The van der Waals surface area contributed by atoms with E-state index in [0.717, 1.165) is 12.8 Å². The Morgan fingerprint density at radius 1 is 0.833 bits per heavy atom. The number of aromatic amines is 1. The molecule has 0 aliphatic carbocycles. The van der Waals surface area contributed by atoms with E-state index in [2.05, 4.69) is 21.9 Å². The van der Waals surface area contributed by atoms with Crippen molar-refractivity contribution in [1.82, 2.24) is 4.98 Å². The third-order valence-corrected chi connectivity index (χ3v) is 4.72. The first-order valence-corrected chi connectivity index (χ1v) is 10.0. The molecule has 0 radical (unpaired) electrons. The highest BCUT2D eigenvalue weighted by Crippen LogP contribution is 2.13. The summed E-state index contributed by atoms with van der Waals surface area (Å²) in [6.07, 6.45) is 20.9. The molecule has 138 valence electrons. The van der Waals surface area contributed by atoms with Crippen LogP contribution in [0.3, 0.4) is 0 Å². The molecule has 0 aliphatic heterocycles. The summed E-state index contributed by atoms with van der Waals surface area (Å²) in [6.45, 7) is 0. The molecule has 3 nitrogen and oxygen atoms in total. The van der Waals surface area contributed by atoms with Crippen molar-refractivity contribution in [2.45, 2.75) is 96.3 Å². The van der Waals surface area contributed by atoms with E-state index in [0.29, 0.717) is 6.42 Å². The van der Waals surface area contributed by atoms with Crippen molar-refractivity contribution in [1.29, 1.82) is 0 Å². The van der Waals surface area contributed by atoms with E-state index in [4.69, 9.17) is 0 Å². The van der Waals surface area contributed by atoms with Gasteiger partial charge in [0.2, 0.25) is 0 Å². The van der Waals surface area contributed by atoms with Crippen LogP contribution in [-0.4, -0.2) is 18.1 Å². The van der Waals surface area contributed by atoms with E-state index in [1.54, 1.807) is 0 Å².